The molecule has 0 atom stereocenters. The summed E-state index contributed by atoms with van der Waals surface area (Å²) in [5.74, 6) is 1.37. The van der Waals surface area contributed by atoms with E-state index in [-0.39, 0.29) is 17.5 Å². The highest BCUT2D eigenvalue weighted by atomic mass is 127. The number of hydrogen-bond acceptors (Lipinski definition) is 5. The molecule has 1 heterocycles. The van der Waals surface area contributed by atoms with Crippen LogP contribution in [-0.2, 0) is 9.59 Å². The van der Waals surface area contributed by atoms with Crippen LogP contribution in [-0.4, -0.2) is 37.2 Å². The Morgan fingerprint density at radius 1 is 1.03 bits per heavy atom. The maximum atomic E-state index is 13.1. The Balaban J connectivity index is 1.96. The van der Waals surface area contributed by atoms with Gasteiger partial charge in [-0.05, 0) is 72.9 Å². The third-order valence-corrected chi connectivity index (χ3v) is 6.92. The fourth-order valence-corrected chi connectivity index (χ4v) is 5.75. The average Bonchev–Trinajstić information content (AvgIpc) is 2.69. The lowest BCUT2D eigenvalue weighted by molar-refractivity contribution is -0.117. The van der Waals surface area contributed by atoms with Crippen LogP contribution in [0.15, 0.2) is 34.7 Å². The summed E-state index contributed by atoms with van der Waals surface area (Å²) in [7, 11) is 3.65. The summed E-state index contributed by atoms with van der Waals surface area (Å²) >= 11 is 2.24. The molecule has 0 N–H and O–H groups in total. The number of carbonyl (C=O) groups is 2. The summed E-state index contributed by atoms with van der Waals surface area (Å²) in [5.41, 5.74) is 4.72. The zero-order valence-electron chi connectivity index (χ0n) is 17.1. The lowest BCUT2D eigenvalue weighted by Crippen LogP contribution is -2.37. The molecule has 6 heteroatoms. The lowest BCUT2D eigenvalue weighted by Gasteiger charge is -2.42. The molecule has 29 heavy (non-hydrogen) atoms. The monoisotopic (exact) mass is 507 g/mol. The van der Waals surface area contributed by atoms with Gasteiger partial charge in [0.25, 0.3) is 0 Å². The molecule has 3 aliphatic rings. The second kappa shape index (κ2) is 8.13. The van der Waals surface area contributed by atoms with E-state index in [1.54, 1.807) is 7.11 Å². The first kappa shape index (κ1) is 20.4. The molecule has 0 aromatic heterocycles. The van der Waals surface area contributed by atoms with Crippen molar-refractivity contribution in [2.75, 3.05) is 20.8 Å². The van der Waals surface area contributed by atoms with Gasteiger partial charge >= 0.3 is 0 Å². The van der Waals surface area contributed by atoms with Gasteiger partial charge in [0.2, 0.25) is 0 Å². The van der Waals surface area contributed by atoms with Crippen molar-refractivity contribution in [2.45, 2.75) is 51.4 Å². The van der Waals surface area contributed by atoms with Crippen LogP contribution in [0.25, 0.3) is 0 Å². The van der Waals surface area contributed by atoms with Gasteiger partial charge in [0.15, 0.2) is 23.1 Å². The summed E-state index contributed by atoms with van der Waals surface area (Å²) < 4.78 is 12.3. The van der Waals surface area contributed by atoms with Gasteiger partial charge in [-0.15, -0.1) is 0 Å². The summed E-state index contributed by atoms with van der Waals surface area (Å²) in [4.78, 5) is 28.3. The van der Waals surface area contributed by atoms with E-state index in [2.05, 4.69) is 27.5 Å². The van der Waals surface area contributed by atoms with Crippen LogP contribution in [0.2, 0.25) is 0 Å². The minimum atomic E-state index is -0.310. The fraction of sp³-hybridized carbons (Fsp3) is 0.478. The van der Waals surface area contributed by atoms with Crippen molar-refractivity contribution in [2.24, 2.45) is 0 Å². The summed E-state index contributed by atoms with van der Waals surface area (Å²) in [5, 5.41) is 0. The Morgan fingerprint density at radius 3 is 2.14 bits per heavy atom. The number of ether oxygens (including phenoxy) is 2. The number of nitrogens with zero attached hydrogens (tertiary/aromatic N) is 1. The van der Waals surface area contributed by atoms with Gasteiger partial charge < -0.3 is 14.4 Å². The van der Waals surface area contributed by atoms with Crippen molar-refractivity contribution in [3.05, 3.63) is 43.8 Å². The Morgan fingerprint density at radius 2 is 1.62 bits per heavy atom. The highest BCUT2D eigenvalue weighted by Crippen LogP contribution is 2.50. The third-order valence-electron chi connectivity index (χ3n) is 6.11. The maximum Gasteiger partial charge on any atom is 0.174 e. The number of rotatable bonds is 4. The first-order valence-corrected chi connectivity index (χ1v) is 11.3. The van der Waals surface area contributed by atoms with Crippen molar-refractivity contribution in [3.63, 3.8) is 0 Å². The molecule has 0 unspecified atom stereocenters. The number of methoxy groups -OCH3 is 1. The van der Waals surface area contributed by atoms with Crippen LogP contribution in [0.3, 0.4) is 0 Å². The van der Waals surface area contributed by atoms with E-state index in [1.807, 2.05) is 26.1 Å². The third kappa shape index (κ3) is 3.39. The average molecular weight is 507 g/mol. The van der Waals surface area contributed by atoms with Gasteiger partial charge in [-0.1, -0.05) is 0 Å². The van der Waals surface area contributed by atoms with Crippen molar-refractivity contribution < 1.29 is 19.1 Å². The van der Waals surface area contributed by atoms with Crippen LogP contribution in [0.4, 0.5) is 0 Å². The van der Waals surface area contributed by atoms with Gasteiger partial charge in [0.1, 0.15) is 0 Å². The minimum absolute atomic E-state index is 0.164. The van der Waals surface area contributed by atoms with E-state index in [9.17, 15) is 9.59 Å². The SMILES string of the molecule is CCOc1cc(C2C3=C(CCCC3=O)N(C)C3=C2C(=O)CCC3)cc(I)c1OC. The van der Waals surface area contributed by atoms with Crippen LogP contribution < -0.4 is 9.47 Å². The van der Waals surface area contributed by atoms with Gasteiger partial charge in [-0.25, -0.2) is 0 Å². The number of hydrogen-bond donors (Lipinski definition) is 0. The van der Waals surface area contributed by atoms with Gasteiger partial charge in [-0.3, -0.25) is 9.59 Å². The zero-order valence-corrected chi connectivity index (χ0v) is 19.3. The molecule has 2 aliphatic carbocycles. The molecule has 1 aromatic rings. The molecular formula is C23H26INO4. The van der Waals surface area contributed by atoms with Gasteiger partial charge in [0.05, 0.1) is 17.3 Å². The first-order chi connectivity index (χ1) is 14.0. The molecular weight excluding hydrogens is 481 g/mol. The number of benzene rings is 1. The van der Waals surface area contributed by atoms with E-state index in [4.69, 9.17) is 9.47 Å². The maximum absolute atomic E-state index is 13.1. The first-order valence-electron chi connectivity index (χ1n) is 10.2. The summed E-state index contributed by atoms with van der Waals surface area (Å²) in [6.45, 7) is 2.45. The van der Waals surface area contributed by atoms with Crippen molar-refractivity contribution in [1.82, 2.24) is 4.90 Å². The molecule has 0 bridgehead atoms. The summed E-state index contributed by atoms with van der Waals surface area (Å²) in [6.07, 6.45) is 4.59. The largest absolute Gasteiger partial charge is 0.492 e. The molecule has 5 nitrogen and oxygen atoms in total. The minimum Gasteiger partial charge on any atom is -0.492 e. The molecule has 1 aliphatic heterocycles. The highest BCUT2D eigenvalue weighted by Gasteiger charge is 2.42. The van der Waals surface area contributed by atoms with E-state index in [0.717, 1.165) is 57.4 Å². The van der Waals surface area contributed by atoms with E-state index in [0.29, 0.717) is 30.9 Å². The predicted molar refractivity (Wildman–Crippen MR) is 119 cm³/mol. The highest BCUT2D eigenvalue weighted by molar-refractivity contribution is 14.1. The van der Waals surface area contributed by atoms with Crippen molar-refractivity contribution in [1.29, 1.82) is 0 Å². The second-order valence-corrected chi connectivity index (χ2v) is 8.90. The molecule has 0 amide bonds. The molecule has 0 saturated carbocycles. The Labute approximate surface area is 185 Å². The molecule has 154 valence electrons. The Kier molecular flexibility index (Phi) is 5.73. The molecule has 0 spiro atoms. The lowest BCUT2D eigenvalue weighted by atomic mass is 9.71. The molecule has 0 radical (unpaired) electrons. The molecule has 1 aromatic carbocycles. The normalized spacial score (nSPS) is 20.1. The summed E-state index contributed by atoms with van der Waals surface area (Å²) in [6, 6.07) is 4.00. The van der Waals surface area contributed by atoms with Gasteiger partial charge in [0, 0.05) is 48.3 Å². The quantitative estimate of drug-likeness (QED) is 0.552. The van der Waals surface area contributed by atoms with E-state index < -0.39 is 0 Å². The number of halogens is 1. The number of Topliss-reactive ketones (excluding diaryl/α,β-unsaturated/α-hetero) is 2. The van der Waals surface area contributed by atoms with Crippen LogP contribution in [0.5, 0.6) is 11.5 Å². The molecule has 4 rings (SSSR count). The second-order valence-electron chi connectivity index (χ2n) is 7.73. The van der Waals surface area contributed by atoms with Crippen LogP contribution in [0, 0.1) is 3.57 Å². The van der Waals surface area contributed by atoms with Crippen molar-refractivity contribution >= 4 is 34.2 Å². The standard InChI is InChI=1S/C23H26INO4/c1-4-29-19-12-13(11-14(24)23(19)28-3)20-21-15(7-5-9-17(21)26)25(2)16-8-6-10-18(27)22(16)20/h11-12,20H,4-10H2,1-3H3. The van der Waals surface area contributed by atoms with E-state index in [1.165, 1.54) is 0 Å². The molecule has 0 saturated heterocycles. The number of carbonyl (C=O) groups excluding carboxylic acids is 2. The predicted octanol–water partition coefficient (Wildman–Crippen LogP) is 4.74. The van der Waals surface area contributed by atoms with E-state index >= 15 is 0 Å². The van der Waals surface area contributed by atoms with Crippen molar-refractivity contribution in [3.8, 4) is 11.5 Å². The van der Waals surface area contributed by atoms with Gasteiger partial charge in [-0.2, -0.15) is 0 Å². The molecule has 0 fully saturated rings. The van der Waals surface area contributed by atoms with Crippen LogP contribution >= 0.6 is 22.6 Å². The fourth-order valence-electron chi connectivity index (χ4n) is 4.90. The number of allylic oxidation sites excluding steroid dienone is 4. The topological polar surface area (TPSA) is 55.8 Å². The zero-order chi connectivity index (χ0) is 20.7. The number of ketones is 2. The Bertz CT molecular complexity index is 902. The smallest absolute Gasteiger partial charge is 0.174 e. The van der Waals surface area contributed by atoms with Crippen LogP contribution in [0.1, 0.15) is 56.9 Å². The Hall–Kier alpha value is -1.83.